The summed E-state index contributed by atoms with van der Waals surface area (Å²) in [5.74, 6) is 0.365. The van der Waals surface area contributed by atoms with Crippen LogP contribution in [0.1, 0.15) is 6.42 Å². The van der Waals surface area contributed by atoms with E-state index in [1.165, 1.54) is 7.05 Å². The molecule has 0 bridgehead atoms. The topological polar surface area (TPSA) is 86.7 Å². The van der Waals surface area contributed by atoms with Gasteiger partial charge in [0.25, 0.3) is 0 Å². The quantitative estimate of drug-likeness (QED) is 0.448. The average Bonchev–Trinajstić information content (AvgIpc) is 2.53. The molecule has 2 aromatic rings. The molecule has 2 heterocycles. The lowest BCUT2D eigenvalue weighted by molar-refractivity contribution is -0.752. The Bertz CT molecular complexity index is 620. The van der Waals surface area contributed by atoms with E-state index in [0.29, 0.717) is 12.4 Å². The minimum atomic E-state index is -0.239. The van der Waals surface area contributed by atoms with Crippen molar-refractivity contribution in [2.45, 2.75) is 13.0 Å². The standard InChI is InChI=1S/C13H13N6O/c1-18(10-14)12(20)4-8-19-7-3-11(9-17-19)13-15-5-2-6-16-13/h2-3,5-7,9H,4,8H2,1H3/q+1. The summed E-state index contributed by atoms with van der Waals surface area (Å²) in [6.45, 7) is 0.417. The van der Waals surface area contributed by atoms with E-state index in [9.17, 15) is 4.79 Å². The van der Waals surface area contributed by atoms with Gasteiger partial charge in [0.1, 0.15) is 6.20 Å². The molecule has 2 rings (SSSR count). The predicted octanol–water partition coefficient (Wildman–Crippen LogP) is 0.156. The van der Waals surface area contributed by atoms with E-state index in [1.807, 2.05) is 6.07 Å². The number of hydrogen-bond donors (Lipinski definition) is 0. The second-order valence-corrected chi connectivity index (χ2v) is 4.05. The summed E-state index contributed by atoms with van der Waals surface area (Å²) in [5.41, 5.74) is 0.808. The summed E-state index contributed by atoms with van der Waals surface area (Å²) < 4.78 is 1.63. The van der Waals surface area contributed by atoms with Gasteiger partial charge in [0.05, 0.1) is 6.42 Å². The van der Waals surface area contributed by atoms with Gasteiger partial charge in [0.15, 0.2) is 24.8 Å². The molecule has 0 radical (unpaired) electrons. The highest BCUT2D eigenvalue weighted by atomic mass is 16.2. The van der Waals surface area contributed by atoms with Crippen LogP contribution in [0.15, 0.2) is 36.9 Å². The molecule has 0 unspecified atom stereocenters. The fourth-order valence-electron chi connectivity index (χ4n) is 1.53. The summed E-state index contributed by atoms with van der Waals surface area (Å²) in [6.07, 6.45) is 8.73. The first-order valence-corrected chi connectivity index (χ1v) is 6.00. The van der Waals surface area contributed by atoms with Crippen molar-refractivity contribution in [3.05, 3.63) is 36.9 Å². The van der Waals surface area contributed by atoms with Gasteiger partial charge in [-0.15, -0.1) is 0 Å². The molecular formula is C13H13N6O+. The fraction of sp³-hybridized carbons (Fsp3) is 0.231. The number of nitriles is 1. The normalized spacial score (nSPS) is 9.80. The minimum absolute atomic E-state index is 0.225. The molecule has 0 N–H and O–H groups in total. The first kappa shape index (κ1) is 13.5. The Balaban J connectivity index is 1.99. The van der Waals surface area contributed by atoms with Crippen molar-refractivity contribution in [1.29, 1.82) is 5.26 Å². The molecule has 0 saturated carbocycles. The van der Waals surface area contributed by atoms with Gasteiger partial charge in [-0.2, -0.15) is 5.26 Å². The van der Waals surface area contributed by atoms with Crippen LogP contribution < -0.4 is 4.68 Å². The lowest BCUT2D eigenvalue weighted by Crippen LogP contribution is -2.39. The molecule has 0 spiro atoms. The van der Waals surface area contributed by atoms with Gasteiger partial charge >= 0.3 is 0 Å². The molecule has 0 aliphatic heterocycles. The lowest BCUT2D eigenvalue weighted by atomic mass is 10.3. The van der Waals surface area contributed by atoms with Crippen LogP contribution in [0.2, 0.25) is 0 Å². The fourth-order valence-corrected chi connectivity index (χ4v) is 1.53. The van der Waals surface area contributed by atoms with Crippen LogP contribution in [-0.2, 0) is 11.3 Å². The smallest absolute Gasteiger partial charge is 0.241 e. The SMILES string of the molecule is CN(C#N)C(=O)CC[n+]1ccc(-c2ncccn2)cn1. The van der Waals surface area contributed by atoms with Gasteiger partial charge in [-0.3, -0.25) is 9.69 Å². The highest BCUT2D eigenvalue weighted by Crippen LogP contribution is 2.09. The lowest BCUT2D eigenvalue weighted by Gasteiger charge is -2.03. The Hall–Kier alpha value is -2.88. The maximum atomic E-state index is 11.5. The summed E-state index contributed by atoms with van der Waals surface area (Å²) in [6, 6.07) is 3.58. The Morgan fingerprint density at radius 1 is 1.45 bits per heavy atom. The van der Waals surface area contributed by atoms with Crippen LogP contribution in [0.5, 0.6) is 0 Å². The van der Waals surface area contributed by atoms with Crippen molar-refractivity contribution in [2.24, 2.45) is 0 Å². The average molecular weight is 269 g/mol. The molecule has 0 aliphatic carbocycles. The van der Waals surface area contributed by atoms with Gasteiger partial charge in [-0.1, -0.05) is 4.68 Å². The molecule has 0 saturated heterocycles. The second kappa shape index (κ2) is 6.33. The first-order chi connectivity index (χ1) is 9.70. The predicted molar refractivity (Wildman–Crippen MR) is 68.5 cm³/mol. The van der Waals surface area contributed by atoms with Crippen LogP contribution in [0, 0.1) is 11.5 Å². The molecule has 0 fully saturated rings. The van der Waals surface area contributed by atoms with Crippen LogP contribution >= 0.6 is 0 Å². The number of carbonyl (C=O) groups excluding carboxylic acids is 1. The van der Waals surface area contributed by atoms with Crippen molar-refractivity contribution in [3.63, 3.8) is 0 Å². The number of aromatic nitrogens is 4. The Morgan fingerprint density at radius 3 is 2.80 bits per heavy atom. The van der Waals surface area contributed by atoms with Crippen LogP contribution in [-0.4, -0.2) is 32.9 Å². The number of aryl methyl sites for hydroxylation is 1. The Morgan fingerprint density at radius 2 is 2.20 bits per heavy atom. The van der Waals surface area contributed by atoms with E-state index in [2.05, 4.69) is 15.1 Å². The molecule has 0 aliphatic rings. The van der Waals surface area contributed by atoms with E-state index in [0.717, 1.165) is 10.5 Å². The monoisotopic (exact) mass is 269 g/mol. The second-order valence-electron chi connectivity index (χ2n) is 4.05. The van der Waals surface area contributed by atoms with Gasteiger partial charge in [0, 0.05) is 31.1 Å². The molecule has 20 heavy (non-hydrogen) atoms. The maximum absolute atomic E-state index is 11.5. The molecule has 7 nitrogen and oxygen atoms in total. The number of hydrogen-bond acceptors (Lipinski definition) is 5. The van der Waals surface area contributed by atoms with Crippen molar-refractivity contribution < 1.29 is 9.48 Å². The summed E-state index contributed by atoms with van der Waals surface area (Å²) in [7, 11) is 1.44. The summed E-state index contributed by atoms with van der Waals surface area (Å²) >= 11 is 0. The van der Waals surface area contributed by atoms with E-state index in [4.69, 9.17) is 5.26 Å². The van der Waals surface area contributed by atoms with Crippen LogP contribution in [0.25, 0.3) is 11.4 Å². The van der Waals surface area contributed by atoms with E-state index in [1.54, 1.807) is 41.7 Å². The zero-order valence-corrected chi connectivity index (χ0v) is 11.0. The number of rotatable bonds is 4. The van der Waals surface area contributed by atoms with Gasteiger partial charge in [-0.05, 0) is 11.2 Å². The molecule has 0 atom stereocenters. The van der Waals surface area contributed by atoms with Gasteiger partial charge < -0.3 is 0 Å². The molecule has 2 aromatic heterocycles. The van der Waals surface area contributed by atoms with Crippen LogP contribution in [0.4, 0.5) is 0 Å². The number of carbonyl (C=O) groups is 1. The number of nitrogens with zero attached hydrogens (tertiary/aromatic N) is 6. The van der Waals surface area contributed by atoms with Crippen molar-refractivity contribution >= 4 is 5.91 Å². The van der Waals surface area contributed by atoms with Gasteiger partial charge in [-0.25, -0.2) is 9.97 Å². The third kappa shape index (κ3) is 3.32. The summed E-state index contributed by atoms with van der Waals surface area (Å²) in [4.78, 5) is 20.7. The van der Waals surface area contributed by atoms with Crippen LogP contribution in [0.3, 0.4) is 0 Å². The third-order valence-corrected chi connectivity index (χ3v) is 2.67. The van der Waals surface area contributed by atoms with Crippen molar-refractivity contribution in [1.82, 2.24) is 20.0 Å². The highest BCUT2D eigenvalue weighted by molar-refractivity contribution is 5.77. The zero-order chi connectivity index (χ0) is 14.4. The molecule has 100 valence electrons. The Kier molecular flexibility index (Phi) is 4.29. The molecular weight excluding hydrogens is 256 g/mol. The number of amides is 1. The maximum Gasteiger partial charge on any atom is 0.241 e. The van der Waals surface area contributed by atoms with Crippen molar-refractivity contribution in [2.75, 3.05) is 7.05 Å². The van der Waals surface area contributed by atoms with Crippen molar-refractivity contribution in [3.8, 4) is 17.6 Å². The zero-order valence-electron chi connectivity index (χ0n) is 11.0. The molecule has 1 amide bonds. The summed E-state index contributed by atoms with van der Waals surface area (Å²) in [5, 5.41) is 12.8. The minimum Gasteiger partial charge on any atom is -0.274 e. The molecule has 7 heteroatoms. The van der Waals surface area contributed by atoms with Gasteiger partial charge in [0.2, 0.25) is 5.91 Å². The van der Waals surface area contributed by atoms with E-state index >= 15 is 0 Å². The first-order valence-electron chi connectivity index (χ1n) is 6.00. The van der Waals surface area contributed by atoms with E-state index in [-0.39, 0.29) is 12.3 Å². The van der Waals surface area contributed by atoms with E-state index < -0.39 is 0 Å². The molecule has 0 aromatic carbocycles. The largest absolute Gasteiger partial charge is 0.274 e. The highest BCUT2D eigenvalue weighted by Gasteiger charge is 2.12. The third-order valence-electron chi connectivity index (χ3n) is 2.67. The Labute approximate surface area is 116 Å².